The Bertz CT molecular complexity index is 1070. The van der Waals surface area contributed by atoms with E-state index in [0.29, 0.717) is 30.4 Å². The van der Waals surface area contributed by atoms with E-state index in [4.69, 9.17) is 4.74 Å². The molecule has 1 aliphatic rings. The molecule has 9 heteroatoms. The topological polar surface area (TPSA) is 62.7 Å². The van der Waals surface area contributed by atoms with Crippen molar-refractivity contribution in [2.45, 2.75) is 11.1 Å². The van der Waals surface area contributed by atoms with Gasteiger partial charge in [0.15, 0.2) is 0 Å². The van der Waals surface area contributed by atoms with Gasteiger partial charge < -0.3 is 9.64 Å². The van der Waals surface area contributed by atoms with Crippen LogP contribution in [0.5, 0.6) is 5.75 Å². The third kappa shape index (κ3) is 3.67. The lowest BCUT2D eigenvalue weighted by Gasteiger charge is -2.35. The van der Waals surface area contributed by atoms with Crippen LogP contribution in [0.1, 0.15) is 5.69 Å². The van der Waals surface area contributed by atoms with Crippen LogP contribution in [0.4, 0.5) is 5.69 Å². The van der Waals surface area contributed by atoms with Crippen LogP contribution in [0.3, 0.4) is 0 Å². The van der Waals surface area contributed by atoms with E-state index in [2.05, 4.69) is 9.88 Å². The van der Waals surface area contributed by atoms with Crippen molar-refractivity contribution in [1.29, 1.82) is 0 Å². The van der Waals surface area contributed by atoms with E-state index in [1.807, 2.05) is 41.9 Å². The molecule has 0 aliphatic carbocycles. The lowest BCUT2D eigenvalue weighted by Crippen LogP contribution is -2.48. The summed E-state index contributed by atoms with van der Waals surface area (Å²) in [7, 11) is -1.84. The van der Waals surface area contributed by atoms with Gasteiger partial charge in [0.25, 0.3) is 10.0 Å². The molecule has 0 spiro atoms. The molecular formula is C19H21N3O3S3. The molecule has 0 saturated carbocycles. The standard InChI is InChI=1S/C19H21N3O3S3/c1-14-12-27-19(20-14)15-11-18(26-13-15)28(23,24)22-9-7-21(8-10-22)16-5-3-4-6-17(16)25-2/h3-6,11-13H,7-10H2,1-2H3. The number of methoxy groups -OCH3 is 1. The van der Waals surface area contributed by atoms with Crippen molar-refractivity contribution in [2.75, 3.05) is 38.2 Å². The predicted octanol–water partition coefficient (Wildman–Crippen LogP) is 3.70. The molecule has 0 bridgehead atoms. The molecule has 4 rings (SSSR count). The van der Waals surface area contributed by atoms with Crippen molar-refractivity contribution in [3.05, 3.63) is 46.8 Å². The SMILES string of the molecule is COc1ccccc1N1CCN(S(=O)(=O)c2cc(-c3nc(C)cs3)cs2)CC1. The summed E-state index contributed by atoms with van der Waals surface area (Å²) in [5, 5.41) is 4.70. The second-order valence-electron chi connectivity index (χ2n) is 6.51. The van der Waals surface area contributed by atoms with E-state index < -0.39 is 10.0 Å². The number of sulfonamides is 1. The van der Waals surface area contributed by atoms with Gasteiger partial charge in [0.1, 0.15) is 15.0 Å². The third-order valence-electron chi connectivity index (χ3n) is 4.70. The highest BCUT2D eigenvalue weighted by atomic mass is 32.2. The Morgan fingerprint density at radius 2 is 1.82 bits per heavy atom. The first kappa shape index (κ1) is 19.4. The highest BCUT2D eigenvalue weighted by Gasteiger charge is 2.30. The minimum atomic E-state index is -3.49. The van der Waals surface area contributed by atoms with Crippen LogP contribution >= 0.6 is 22.7 Å². The number of anilines is 1. The Morgan fingerprint density at radius 3 is 2.50 bits per heavy atom. The minimum Gasteiger partial charge on any atom is -0.495 e. The van der Waals surface area contributed by atoms with Crippen molar-refractivity contribution >= 4 is 38.4 Å². The van der Waals surface area contributed by atoms with Gasteiger partial charge in [-0.2, -0.15) is 4.31 Å². The summed E-state index contributed by atoms with van der Waals surface area (Å²) >= 11 is 2.79. The number of ether oxygens (including phenoxy) is 1. The third-order valence-corrected chi connectivity index (χ3v) is 9.02. The maximum absolute atomic E-state index is 13.1. The number of aryl methyl sites for hydroxylation is 1. The van der Waals surface area contributed by atoms with Crippen LogP contribution in [-0.2, 0) is 10.0 Å². The Morgan fingerprint density at radius 1 is 1.07 bits per heavy atom. The highest BCUT2D eigenvalue weighted by molar-refractivity contribution is 7.91. The number of rotatable bonds is 5. The second kappa shape index (κ2) is 7.82. The van der Waals surface area contributed by atoms with Gasteiger partial charge in [0, 0.05) is 48.2 Å². The van der Waals surface area contributed by atoms with Gasteiger partial charge >= 0.3 is 0 Å². The molecule has 1 fully saturated rings. The maximum atomic E-state index is 13.1. The zero-order chi connectivity index (χ0) is 19.7. The van der Waals surface area contributed by atoms with Crippen LogP contribution in [-0.4, -0.2) is 51.0 Å². The Hall–Kier alpha value is -1.94. The number of thiophene rings is 1. The average Bonchev–Trinajstić information content (AvgIpc) is 3.37. The molecule has 3 aromatic rings. The van der Waals surface area contributed by atoms with Crippen molar-refractivity contribution in [2.24, 2.45) is 0 Å². The number of hydrogen-bond acceptors (Lipinski definition) is 7. The van der Waals surface area contributed by atoms with Crippen LogP contribution in [0.2, 0.25) is 0 Å². The van der Waals surface area contributed by atoms with Crippen LogP contribution < -0.4 is 9.64 Å². The summed E-state index contributed by atoms with van der Waals surface area (Å²) in [6.07, 6.45) is 0. The lowest BCUT2D eigenvalue weighted by molar-refractivity contribution is 0.379. The van der Waals surface area contributed by atoms with Crippen LogP contribution in [0, 0.1) is 6.92 Å². The van der Waals surface area contributed by atoms with Crippen molar-refractivity contribution in [1.82, 2.24) is 9.29 Å². The second-order valence-corrected chi connectivity index (χ2v) is 10.4. The number of aromatic nitrogens is 1. The van der Waals surface area contributed by atoms with Gasteiger partial charge in [-0.15, -0.1) is 22.7 Å². The van der Waals surface area contributed by atoms with E-state index in [-0.39, 0.29) is 0 Å². The van der Waals surface area contributed by atoms with Gasteiger partial charge in [0.2, 0.25) is 0 Å². The molecule has 1 saturated heterocycles. The van der Waals surface area contributed by atoms with E-state index in [0.717, 1.165) is 27.7 Å². The van der Waals surface area contributed by atoms with E-state index >= 15 is 0 Å². The first-order valence-electron chi connectivity index (χ1n) is 8.88. The van der Waals surface area contributed by atoms with E-state index in [1.54, 1.807) is 17.5 Å². The smallest absolute Gasteiger partial charge is 0.252 e. The van der Waals surface area contributed by atoms with Gasteiger partial charge in [-0.3, -0.25) is 0 Å². The fourth-order valence-electron chi connectivity index (χ4n) is 3.24. The molecule has 0 atom stereocenters. The van der Waals surface area contributed by atoms with Crippen molar-refractivity contribution in [3.8, 4) is 16.3 Å². The molecular weight excluding hydrogens is 414 g/mol. The van der Waals surface area contributed by atoms with Crippen LogP contribution in [0.15, 0.2) is 45.3 Å². The quantitative estimate of drug-likeness (QED) is 0.612. The summed E-state index contributed by atoms with van der Waals surface area (Å²) in [5.41, 5.74) is 2.82. The number of para-hydroxylation sites is 2. The minimum absolute atomic E-state index is 0.376. The van der Waals surface area contributed by atoms with Crippen molar-refractivity contribution < 1.29 is 13.2 Å². The monoisotopic (exact) mass is 435 g/mol. The summed E-state index contributed by atoms with van der Waals surface area (Å²) in [4.78, 5) is 6.62. The number of hydrogen-bond donors (Lipinski definition) is 0. The number of benzene rings is 1. The highest BCUT2D eigenvalue weighted by Crippen LogP contribution is 2.33. The summed E-state index contributed by atoms with van der Waals surface area (Å²) < 4.78 is 33.5. The van der Waals surface area contributed by atoms with Gasteiger partial charge in [-0.1, -0.05) is 12.1 Å². The fraction of sp³-hybridized carbons (Fsp3) is 0.316. The molecule has 148 valence electrons. The first-order chi connectivity index (χ1) is 13.5. The molecule has 2 aromatic heterocycles. The number of nitrogens with zero attached hydrogens (tertiary/aromatic N) is 3. The molecule has 1 aliphatic heterocycles. The number of piperazine rings is 1. The molecule has 6 nitrogen and oxygen atoms in total. The molecule has 28 heavy (non-hydrogen) atoms. The van der Waals surface area contributed by atoms with Crippen LogP contribution in [0.25, 0.3) is 10.6 Å². The summed E-state index contributed by atoms with van der Waals surface area (Å²) in [5.74, 6) is 0.806. The summed E-state index contributed by atoms with van der Waals surface area (Å²) in [6.45, 7) is 4.09. The molecule has 0 radical (unpaired) electrons. The zero-order valence-electron chi connectivity index (χ0n) is 15.7. The Labute approximate surface area is 173 Å². The molecule has 3 heterocycles. The zero-order valence-corrected chi connectivity index (χ0v) is 18.1. The number of thiazole rings is 1. The van der Waals surface area contributed by atoms with Gasteiger partial charge in [0.05, 0.1) is 12.8 Å². The molecule has 0 N–H and O–H groups in total. The van der Waals surface area contributed by atoms with Crippen molar-refractivity contribution in [3.63, 3.8) is 0 Å². The Balaban J connectivity index is 1.49. The molecule has 1 aromatic carbocycles. The predicted molar refractivity (Wildman–Crippen MR) is 114 cm³/mol. The largest absolute Gasteiger partial charge is 0.495 e. The average molecular weight is 436 g/mol. The summed E-state index contributed by atoms with van der Waals surface area (Å²) in [6, 6.07) is 9.57. The Kier molecular flexibility index (Phi) is 5.42. The van der Waals surface area contributed by atoms with Gasteiger partial charge in [-0.25, -0.2) is 13.4 Å². The normalized spacial score (nSPS) is 15.7. The molecule has 0 amide bonds. The fourth-order valence-corrected chi connectivity index (χ4v) is 6.84. The maximum Gasteiger partial charge on any atom is 0.252 e. The van der Waals surface area contributed by atoms with E-state index in [1.165, 1.54) is 22.7 Å². The van der Waals surface area contributed by atoms with E-state index in [9.17, 15) is 8.42 Å². The molecule has 0 unspecified atom stereocenters. The lowest BCUT2D eigenvalue weighted by atomic mass is 10.2. The van der Waals surface area contributed by atoms with Gasteiger partial charge in [-0.05, 0) is 25.1 Å². The first-order valence-corrected chi connectivity index (χ1v) is 12.1.